The zero-order valence-electron chi connectivity index (χ0n) is 17.1. The van der Waals surface area contributed by atoms with Crippen molar-refractivity contribution in [1.82, 2.24) is 14.2 Å². The molecule has 2 aromatic heterocycles. The number of anilines is 1. The number of aryl methyl sites for hydroxylation is 1. The first-order chi connectivity index (χ1) is 14.8. The lowest BCUT2D eigenvalue weighted by Crippen LogP contribution is -2.49. The first-order valence-corrected chi connectivity index (χ1v) is 11.9. The van der Waals surface area contributed by atoms with Crippen LogP contribution in [0.1, 0.15) is 20.8 Å². The van der Waals surface area contributed by atoms with Crippen LogP contribution in [0, 0.1) is 13.8 Å². The summed E-state index contributed by atoms with van der Waals surface area (Å²) >= 11 is 1.53. The van der Waals surface area contributed by atoms with E-state index in [2.05, 4.69) is 10.6 Å². The predicted octanol–water partition coefficient (Wildman–Crippen LogP) is 2.53. The molecule has 0 aliphatic carbocycles. The standard InChI is InChI=1S/C21H22N4O4S2/c1-14-15(2)30-21(24-9-3-4-10-24)19(14)20(27)23-16-6-5-7-17(12-16)31(28,29)25-11-8-22-18(26)13-25/h3-7,9-10,12H,8,11,13H2,1-2H3,(H,22,26)(H,23,27). The van der Waals surface area contributed by atoms with Crippen molar-refractivity contribution in [1.29, 1.82) is 0 Å². The molecule has 2 N–H and O–H groups in total. The molecule has 10 heteroatoms. The Bertz CT molecular complexity index is 1250. The Labute approximate surface area is 184 Å². The quantitative estimate of drug-likeness (QED) is 0.614. The number of hydrogen-bond donors (Lipinski definition) is 2. The summed E-state index contributed by atoms with van der Waals surface area (Å²) in [5.41, 5.74) is 1.81. The smallest absolute Gasteiger partial charge is 0.258 e. The Kier molecular flexibility index (Phi) is 5.69. The first kappa shape index (κ1) is 21.3. The van der Waals surface area contributed by atoms with Gasteiger partial charge in [-0.2, -0.15) is 4.31 Å². The third-order valence-corrected chi connectivity index (χ3v) is 8.23. The number of benzene rings is 1. The highest BCUT2D eigenvalue weighted by atomic mass is 32.2. The van der Waals surface area contributed by atoms with E-state index in [0.29, 0.717) is 11.3 Å². The number of piperazine rings is 1. The molecule has 8 nitrogen and oxygen atoms in total. The van der Waals surface area contributed by atoms with E-state index in [1.54, 1.807) is 12.1 Å². The molecule has 0 bridgehead atoms. The van der Waals surface area contributed by atoms with Crippen molar-refractivity contribution < 1.29 is 18.0 Å². The highest BCUT2D eigenvalue weighted by Crippen LogP contribution is 2.32. The molecule has 4 rings (SSSR count). The lowest BCUT2D eigenvalue weighted by Gasteiger charge is -2.26. The van der Waals surface area contributed by atoms with Crippen LogP contribution in [-0.4, -0.2) is 48.7 Å². The van der Waals surface area contributed by atoms with Gasteiger partial charge in [0.1, 0.15) is 5.00 Å². The van der Waals surface area contributed by atoms with E-state index in [1.807, 2.05) is 42.9 Å². The Morgan fingerprint density at radius 1 is 1.16 bits per heavy atom. The molecule has 0 spiro atoms. The number of sulfonamides is 1. The van der Waals surface area contributed by atoms with Gasteiger partial charge in [0.2, 0.25) is 15.9 Å². The molecule has 31 heavy (non-hydrogen) atoms. The lowest BCUT2D eigenvalue weighted by molar-refractivity contribution is -0.122. The lowest BCUT2D eigenvalue weighted by atomic mass is 10.1. The minimum atomic E-state index is -3.85. The average Bonchev–Trinajstić information content (AvgIpc) is 3.37. The zero-order valence-corrected chi connectivity index (χ0v) is 18.7. The molecule has 0 atom stereocenters. The molecule has 0 saturated carbocycles. The summed E-state index contributed by atoms with van der Waals surface area (Å²) in [6, 6.07) is 9.88. The van der Waals surface area contributed by atoms with Crippen molar-refractivity contribution in [3.8, 4) is 5.00 Å². The number of amides is 2. The topological polar surface area (TPSA) is 101 Å². The van der Waals surface area contributed by atoms with E-state index in [4.69, 9.17) is 0 Å². The molecule has 2 amide bonds. The van der Waals surface area contributed by atoms with Crippen LogP contribution in [-0.2, 0) is 14.8 Å². The molecular weight excluding hydrogens is 436 g/mol. The third kappa shape index (κ3) is 4.14. The summed E-state index contributed by atoms with van der Waals surface area (Å²) in [6.07, 6.45) is 3.76. The van der Waals surface area contributed by atoms with Gasteiger partial charge in [0.15, 0.2) is 0 Å². The number of aromatic nitrogens is 1. The number of nitrogens with one attached hydrogen (secondary N) is 2. The molecule has 0 radical (unpaired) electrons. The number of rotatable bonds is 5. The maximum absolute atomic E-state index is 13.1. The molecular formula is C21H22N4O4S2. The predicted molar refractivity (Wildman–Crippen MR) is 119 cm³/mol. The number of hydrogen-bond acceptors (Lipinski definition) is 5. The Hall–Kier alpha value is -2.95. The van der Waals surface area contributed by atoms with Crippen LogP contribution >= 0.6 is 11.3 Å². The number of carbonyl (C=O) groups is 2. The van der Waals surface area contributed by atoms with E-state index in [1.165, 1.54) is 23.5 Å². The van der Waals surface area contributed by atoms with E-state index in [9.17, 15) is 18.0 Å². The zero-order chi connectivity index (χ0) is 22.2. The van der Waals surface area contributed by atoms with Crippen molar-refractivity contribution >= 4 is 38.9 Å². The summed E-state index contributed by atoms with van der Waals surface area (Å²) < 4.78 is 28.9. The van der Waals surface area contributed by atoms with Gasteiger partial charge < -0.3 is 15.2 Å². The summed E-state index contributed by atoms with van der Waals surface area (Å²) in [5, 5.41) is 6.25. The minimum Gasteiger partial charge on any atom is -0.354 e. The van der Waals surface area contributed by atoms with Crippen LogP contribution in [0.25, 0.3) is 5.00 Å². The Balaban J connectivity index is 1.62. The monoisotopic (exact) mass is 458 g/mol. The maximum Gasteiger partial charge on any atom is 0.258 e. The van der Waals surface area contributed by atoms with Crippen LogP contribution in [0.3, 0.4) is 0 Å². The highest BCUT2D eigenvalue weighted by Gasteiger charge is 2.29. The van der Waals surface area contributed by atoms with Crippen molar-refractivity contribution in [3.63, 3.8) is 0 Å². The summed E-state index contributed by atoms with van der Waals surface area (Å²) in [7, 11) is -3.85. The number of nitrogens with zero attached hydrogens (tertiary/aromatic N) is 2. The van der Waals surface area contributed by atoms with Gasteiger partial charge in [-0.3, -0.25) is 9.59 Å². The van der Waals surface area contributed by atoms with Gasteiger partial charge in [0, 0.05) is 36.0 Å². The second-order valence-electron chi connectivity index (χ2n) is 7.22. The first-order valence-electron chi connectivity index (χ1n) is 9.69. The number of thiophene rings is 1. The fourth-order valence-corrected chi connectivity index (χ4v) is 5.99. The largest absolute Gasteiger partial charge is 0.354 e. The molecule has 1 saturated heterocycles. The second-order valence-corrected chi connectivity index (χ2v) is 10.4. The average molecular weight is 459 g/mol. The van der Waals surface area contributed by atoms with Crippen molar-refractivity contribution in [2.45, 2.75) is 18.7 Å². The minimum absolute atomic E-state index is 0.0313. The molecule has 162 valence electrons. The van der Waals surface area contributed by atoms with Crippen molar-refractivity contribution in [2.75, 3.05) is 25.0 Å². The number of carbonyl (C=O) groups excluding carboxylic acids is 2. The van der Waals surface area contributed by atoms with Gasteiger partial charge in [-0.05, 0) is 49.7 Å². The summed E-state index contributed by atoms with van der Waals surface area (Å²) in [4.78, 5) is 25.8. The van der Waals surface area contributed by atoms with E-state index >= 15 is 0 Å². The van der Waals surface area contributed by atoms with Crippen LogP contribution in [0.4, 0.5) is 5.69 Å². The van der Waals surface area contributed by atoms with Gasteiger partial charge in [-0.25, -0.2) is 8.42 Å². The normalized spacial score (nSPS) is 15.0. The third-order valence-electron chi connectivity index (χ3n) is 5.17. The van der Waals surface area contributed by atoms with Gasteiger partial charge in [-0.15, -0.1) is 11.3 Å². The Morgan fingerprint density at radius 3 is 2.61 bits per heavy atom. The molecule has 0 unspecified atom stereocenters. The van der Waals surface area contributed by atoms with Gasteiger partial charge in [0.25, 0.3) is 5.91 Å². The molecule has 1 aromatic carbocycles. The summed E-state index contributed by atoms with van der Waals surface area (Å²) in [6.45, 7) is 4.13. The fraction of sp³-hybridized carbons (Fsp3) is 0.238. The van der Waals surface area contributed by atoms with E-state index in [0.717, 1.165) is 19.7 Å². The molecule has 1 aliphatic rings. The highest BCUT2D eigenvalue weighted by molar-refractivity contribution is 7.89. The van der Waals surface area contributed by atoms with Crippen molar-refractivity contribution in [3.05, 3.63) is 64.8 Å². The van der Waals surface area contributed by atoms with Crippen LogP contribution in [0.5, 0.6) is 0 Å². The second kappa shape index (κ2) is 8.29. The van der Waals surface area contributed by atoms with Crippen molar-refractivity contribution in [2.24, 2.45) is 0 Å². The molecule has 3 aromatic rings. The van der Waals surface area contributed by atoms with Crippen LogP contribution in [0.2, 0.25) is 0 Å². The van der Waals surface area contributed by atoms with Gasteiger partial charge >= 0.3 is 0 Å². The summed E-state index contributed by atoms with van der Waals surface area (Å²) in [5.74, 6) is -0.641. The van der Waals surface area contributed by atoms with E-state index in [-0.39, 0.29) is 36.3 Å². The maximum atomic E-state index is 13.1. The van der Waals surface area contributed by atoms with Crippen LogP contribution in [0.15, 0.2) is 53.7 Å². The molecule has 1 fully saturated rings. The van der Waals surface area contributed by atoms with Gasteiger partial charge in [0.05, 0.1) is 17.0 Å². The Morgan fingerprint density at radius 2 is 1.90 bits per heavy atom. The SMILES string of the molecule is Cc1sc(-n2cccc2)c(C(=O)Nc2cccc(S(=O)(=O)N3CCNC(=O)C3)c2)c1C. The fourth-order valence-electron chi connectivity index (χ4n) is 3.43. The molecule has 1 aliphatic heterocycles. The molecule has 3 heterocycles. The van der Waals surface area contributed by atoms with Gasteiger partial charge in [-0.1, -0.05) is 6.07 Å². The van der Waals surface area contributed by atoms with E-state index < -0.39 is 10.0 Å². The van der Waals surface area contributed by atoms with Crippen LogP contribution < -0.4 is 10.6 Å².